The van der Waals surface area contributed by atoms with Crippen molar-refractivity contribution in [2.45, 2.75) is 26.7 Å². The van der Waals surface area contributed by atoms with Gasteiger partial charge in [0.1, 0.15) is 5.00 Å². The second-order valence-electron chi connectivity index (χ2n) is 3.76. The van der Waals surface area contributed by atoms with Crippen LogP contribution in [-0.4, -0.2) is 29.6 Å². The van der Waals surface area contributed by atoms with Gasteiger partial charge in [-0.2, -0.15) is 0 Å². The zero-order valence-corrected chi connectivity index (χ0v) is 11.5. The molecule has 0 saturated heterocycles. The number of hydrogen-bond acceptors (Lipinski definition) is 5. The number of nitrogens with one attached hydrogen (secondary N) is 1. The van der Waals surface area contributed by atoms with Crippen LogP contribution in [0.25, 0.3) is 0 Å². The summed E-state index contributed by atoms with van der Waals surface area (Å²) >= 11 is 1.19. The van der Waals surface area contributed by atoms with Crippen molar-refractivity contribution < 1.29 is 24.2 Å². The molecule has 1 amide bonds. The van der Waals surface area contributed by atoms with E-state index in [2.05, 4.69) is 5.32 Å². The molecular formula is C12H15NO5S. The quantitative estimate of drug-likeness (QED) is 0.780. The molecular weight excluding hydrogens is 270 g/mol. The summed E-state index contributed by atoms with van der Waals surface area (Å²) in [5.74, 6) is -1.94. The molecule has 2 N–H and O–H groups in total. The molecule has 1 aromatic rings. The summed E-state index contributed by atoms with van der Waals surface area (Å²) < 4.78 is 4.70. The number of thiophene rings is 1. The Morgan fingerprint density at radius 2 is 2.05 bits per heavy atom. The van der Waals surface area contributed by atoms with Gasteiger partial charge in [-0.25, -0.2) is 4.79 Å². The first-order valence-electron chi connectivity index (χ1n) is 5.73. The SMILES string of the molecule is CCOC(=O)CCC(=O)Nc1sc(C)cc1C(=O)O. The molecule has 0 unspecified atom stereocenters. The van der Waals surface area contributed by atoms with E-state index in [1.54, 1.807) is 13.8 Å². The molecule has 1 heterocycles. The Bertz CT molecular complexity index is 494. The molecule has 0 radical (unpaired) electrons. The third kappa shape index (κ3) is 4.70. The largest absolute Gasteiger partial charge is 0.478 e. The standard InChI is InChI=1S/C12H15NO5S/c1-3-18-10(15)5-4-9(14)13-11-8(12(16)17)6-7(2)19-11/h6H,3-5H2,1-2H3,(H,13,14)(H,16,17). The van der Waals surface area contributed by atoms with Gasteiger partial charge < -0.3 is 15.2 Å². The molecule has 0 aliphatic heterocycles. The zero-order valence-electron chi connectivity index (χ0n) is 10.7. The highest BCUT2D eigenvalue weighted by molar-refractivity contribution is 7.16. The Labute approximate surface area is 114 Å². The van der Waals surface area contributed by atoms with Gasteiger partial charge in [-0.15, -0.1) is 11.3 Å². The van der Waals surface area contributed by atoms with Gasteiger partial charge in [0.05, 0.1) is 18.6 Å². The fraction of sp³-hybridized carbons (Fsp3) is 0.417. The molecule has 0 aliphatic rings. The summed E-state index contributed by atoms with van der Waals surface area (Å²) in [6, 6.07) is 1.49. The third-order valence-corrected chi connectivity index (χ3v) is 3.17. The summed E-state index contributed by atoms with van der Waals surface area (Å²) in [7, 11) is 0. The molecule has 104 valence electrons. The third-order valence-electron chi connectivity index (χ3n) is 2.20. The summed E-state index contributed by atoms with van der Waals surface area (Å²) in [5, 5.41) is 11.8. The molecule has 0 aromatic carbocycles. The van der Waals surface area contributed by atoms with Crippen LogP contribution in [0.4, 0.5) is 5.00 Å². The predicted octanol–water partition coefficient (Wildman–Crippen LogP) is 2.04. The van der Waals surface area contributed by atoms with Gasteiger partial charge in [0, 0.05) is 11.3 Å². The van der Waals surface area contributed by atoms with E-state index in [0.29, 0.717) is 5.00 Å². The maximum Gasteiger partial charge on any atom is 0.338 e. The van der Waals surface area contributed by atoms with Crippen molar-refractivity contribution >= 4 is 34.2 Å². The van der Waals surface area contributed by atoms with Crippen molar-refractivity contribution in [1.82, 2.24) is 0 Å². The van der Waals surface area contributed by atoms with Gasteiger partial charge in [-0.3, -0.25) is 9.59 Å². The van der Waals surface area contributed by atoms with Crippen molar-refractivity contribution in [3.63, 3.8) is 0 Å². The molecule has 0 bridgehead atoms. The zero-order chi connectivity index (χ0) is 14.4. The number of carboxylic acid groups (broad SMARTS) is 1. The molecule has 7 heteroatoms. The number of aryl methyl sites for hydroxylation is 1. The van der Waals surface area contributed by atoms with Crippen molar-refractivity contribution in [3.8, 4) is 0 Å². The normalized spacial score (nSPS) is 10.0. The highest BCUT2D eigenvalue weighted by Crippen LogP contribution is 2.27. The van der Waals surface area contributed by atoms with E-state index >= 15 is 0 Å². The van der Waals surface area contributed by atoms with Crippen LogP contribution < -0.4 is 5.32 Å². The number of rotatable bonds is 6. The number of aromatic carboxylic acids is 1. The predicted molar refractivity (Wildman–Crippen MR) is 70.5 cm³/mol. The first-order valence-corrected chi connectivity index (χ1v) is 6.55. The number of carbonyl (C=O) groups excluding carboxylic acids is 2. The minimum Gasteiger partial charge on any atom is -0.478 e. The highest BCUT2D eigenvalue weighted by Gasteiger charge is 2.16. The van der Waals surface area contributed by atoms with Crippen molar-refractivity contribution in [2.75, 3.05) is 11.9 Å². The molecule has 1 rings (SSSR count). The second-order valence-corrected chi connectivity index (χ2v) is 5.01. The maximum atomic E-state index is 11.6. The van der Waals surface area contributed by atoms with E-state index in [4.69, 9.17) is 9.84 Å². The Kier molecular flexibility index (Phi) is 5.50. The van der Waals surface area contributed by atoms with Gasteiger partial charge >= 0.3 is 11.9 Å². The van der Waals surface area contributed by atoms with E-state index in [0.717, 1.165) is 4.88 Å². The lowest BCUT2D eigenvalue weighted by Crippen LogP contribution is -2.15. The van der Waals surface area contributed by atoms with Crippen molar-refractivity contribution in [2.24, 2.45) is 0 Å². The Morgan fingerprint density at radius 1 is 1.37 bits per heavy atom. The number of carbonyl (C=O) groups is 3. The van der Waals surface area contributed by atoms with Crippen LogP contribution in [0.1, 0.15) is 35.0 Å². The fourth-order valence-corrected chi connectivity index (χ4v) is 2.32. The molecule has 19 heavy (non-hydrogen) atoms. The second kappa shape index (κ2) is 6.89. The minimum absolute atomic E-state index is 0.0214. The maximum absolute atomic E-state index is 11.6. The van der Waals surface area contributed by atoms with Crippen LogP contribution in [0.2, 0.25) is 0 Å². The molecule has 0 spiro atoms. The molecule has 0 fully saturated rings. The van der Waals surface area contributed by atoms with E-state index in [-0.39, 0.29) is 25.0 Å². The molecule has 0 saturated carbocycles. The van der Waals surface area contributed by atoms with Crippen LogP contribution in [0.15, 0.2) is 6.07 Å². The van der Waals surface area contributed by atoms with Gasteiger partial charge in [0.25, 0.3) is 0 Å². The number of anilines is 1. The van der Waals surface area contributed by atoms with E-state index < -0.39 is 17.8 Å². The lowest BCUT2D eigenvalue weighted by Gasteiger charge is -2.04. The number of amides is 1. The molecule has 0 atom stereocenters. The molecule has 0 aliphatic carbocycles. The molecule has 6 nitrogen and oxygen atoms in total. The summed E-state index contributed by atoms with van der Waals surface area (Å²) in [6.45, 7) is 3.71. The Balaban J connectivity index is 2.57. The highest BCUT2D eigenvalue weighted by atomic mass is 32.1. The Hall–Kier alpha value is -1.89. The van der Waals surface area contributed by atoms with Crippen molar-refractivity contribution in [3.05, 3.63) is 16.5 Å². The summed E-state index contributed by atoms with van der Waals surface area (Å²) in [4.78, 5) is 34.4. The van der Waals surface area contributed by atoms with Crippen LogP contribution in [0.3, 0.4) is 0 Å². The van der Waals surface area contributed by atoms with Gasteiger partial charge in [-0.1, -0.05) is 0 Å². The monoisotopic (exact) mass is 285 g/mol. The average Bonchev–Trinajstić information content (AvgIpc) is 2.68. The lowest BCUT2D eigenvalue weighted by atomic mass is 10.2. The van der Waals surface area contributed by atoms with Crippen LogP contribution in [-0.2, 0) is 14.3 Å². The lowest BCUT2D eigenvalue weighted by molar-refractivity contribution is -0.144. The van der Waals surface area contributed by atoms with Gasteiger partial charge in [-0.05, 0) is 19.9 Å². The average molecular weight is 285 g/mol. The van der Waals surface area contributed by atoms with Crippen LogP contribution in [0, 0.1) is 6.92 Å². The van der Waals surface area contributed by atoms with E-state index in [9.17, 15) is 14.4 Å². The summed E-state index contributed by atoms with van der Waals surface area (Å²) in [6.07, 6.45) is -0.0543. The minimum atomic E-state index is -1.09. The van der Waals surface area contributed by atoms with Crippen molar-refractivity contribution in [1.29, 1.82) is 0 Å². The smallest absolute Gasteiger partial charge is 0.338 e. The molecule has 1 aromatic heterocycles. The summed E-state index contributed by atoms with van der Waals surface area (Å²) in [5.41, 5.74) is 0.0620. The fourth-order valence-electron chi connectivity index (χ4n) is 1.40. The van der Waals surface area contributed by atoms with Crippen LogP contribution >= 0.6 is 11.3 Å². The topological polar surface area (TPSA) is 92.7 Å². The van der Waals surface area contributed by atoms with Gasteiger partial charge in [0.2, 0.25) is 5.91 Å². The number of esters is 1. The van der Waals surface area contributed by atoms with E-state index in [1.807, 2.05) is 0 Å². The van der Waals surface area contributed by atoms with Gasteiger partial charge in [0.15, 0.2) is 0 Å². The first-order chi connectivity index (χ1) is 8.93. The number of carboxylic acids is 1. The van der Waals surface area contributed by atoms with Crippen LogP contribution in [0.5, 0.6) is 0 Å². The Morgan fingerprint density at radius 3 is 2.63 bits per heavy atom. The first kappa shape index (κ1) is 15.2. The number of hydrogen-bond donors (Lipinski definition) is 2. The van der Waals surface area contributed by atoms with E-state index in [1.165, 1.54) is 17.4 Å². The number of ether oxygens (including phenoxy) is 1.